The Bertz CT molecular complexity index is 1710. The third-order valence-electron chi connectivity index (χ3n) is 7.40. The van der Waals surface area contributed by atoms with E-state index in [1.807, 2.05) is 91.0 Å². The minimum atomic E-state index is -0.451. The molecule has 0 radical (unpaired) electrons. The van der Waals surface area contributed by atoms with Crippen molar-refractivity contribution in [2.75, 3.05) is 20.8 Å². The SMILES string of the molecule is COc1ccc(CNC(=O)CN2C(=O)c3ccccc3[C@@H]2c2c(-c3cccc(OC)c3)[nH]c3ccccc23)cc1. The molecule has 40 heavy (non-hydrogen) atoms. The van der Waals surface area contributed by atoms with E-state index in [1.165, 1.54) is 0 Å². The summed E-state index contributed by atoms with van der Waals surface area (Å²) in [6.07, 6.45) is 0. The van der Waals surface area contributed by atoms with Crippen molar-refractivity contribution in [1.29, 1.82) is 0 Å². The molecule has 1 atom stereocenters. The molecule has 1 aliphatic rings. The van der Waals surface area contributed by atoms with Gasteiger partial charge in [-0.2, -0.15) is 0 Å². The molecule has 0 saturated heterocycles. The zero-order chi connectivity index (χ0) is 27.6. The van der Waals surface area contributed by atoms with E-state index in [-0.39, 0.29) is 18.4 Å². The molecule has 0 spiro atoms. The summed E-state index contributed by atoms with van der Waals surface area (Å²) in [5.41, 5.74) is 6.16. The van der Waals surface area contributed by atoms with Crippen molar-refractivity contribution in [1.82, 2.24) is 15.2 Å². The molecule has 1 aliphatic heterocycles. The average molecular weight is 532 g/mol. The Hall–Kier alpha value is -5.04. The lowest BCUT2D eigenvalue weighted by atomic mass is 9.93. The van der Waals surface area contributed by atoms with Gasteiger partial charge in [0.15, 0.2) is 0 Å². The molecule has 0 unspecified atom stereocenters. The van der Waals surface area contributed by atoms with E-state index in [0.29, 0.717) is 12.1 Å². The van der Waals surface area contributed by atoms with Crippen LogP contribution in [0.2, 0.25) is 0 Å². The summed E-state index contributed by atoms with van der Waals surface area (Å²) < 4.78 is 10.7. The highest BCUT2D eigenvalue weighted by molar-refractivity contribution is 6.03. The van der Waals surface area contributed by atoms with Crippen LogP contribution in [0.1, 0.15) is 33.1 Å². The molecule has 2 amide bonds. The van der Waals surface area contributed by atoms with Crippen LogP contribution in [0.15, 0.2) is 97.1 Å². The average Bonchev–Trinajstić information content (AvgIpc) is 3.51. The Morgan fingerprint density at radius 3 is 2.42 bits per heavy atom. The van der Waals surface area contributed by atoms with Gasteiger partial charge < -0.3 is 24.7 Å². The maximum Gasteiger partial charge on any atom is 0.255 e. The van der Waals surface area contributed by atoms with Crippen molar-refractivity contribution in [3.63, 3.8) is 0 Å². The summed E-state index contributed by atoms with van der Waals surface area (Å²) in [5, 5.41) is 3.98. The summed E-state index contributed by atoms with van der Waals surface area (Å²) in [6.45, 7) is 0.274. The van der Waals surface area contributed by atoms with Crippen LogP contribution >= 0.6 is 0 Å². The molecule has 0 aliphatic carbocycles. The predicted octanol–water partition coefficient (Wildman–Crippen LogP) is 5.71. The van der Waals surface area contributed by atoms with Gasteiger partial charge in [0.25, 0.3) is 5.91 Å². The van der Waals surface area contributed by atoms with Crippen LogP contribution in [0.25, 0.3) is 22.2 Å². The van der Waals surface area contributed by atoms with Crippen molar-refractivity contribution < 1.29 is 19.1 Å². The fourth-order valence-electron chi connectivity index (χ4n) is 5.45. The number of carbonyl (C=O) groups excluding carboxylic acids is 2. The predicted molar refractivity (Wildman–Crippen MR) is 154 cm³/mol. The number of ether oxygens (including phenoxy) is 2. The zero-order valence-corrected chi connectivity index (χ0v) is 22.3. The van der Waals surface area contributed by atoms with Crippen molar-refractivity contribution in [2.24, 2.45) is 0 Å². The largest absolute Gasteiger partial charge is 0.497 e. The molecule has 6 rings (SSSR count). The van der Waals surface area contributed by atoms with E-state index in [9.17, 15) is 9.59 Å². The topological polar surface area (TPSA) is 83.7 Å². The minimum absolute atomic E-state index is 0.0780. The third-order valence-corrected chi connectivity index (χ3v) is 7.40. The fraction of sp³-hybridized carbons (Fsp3) is 0.152. The van der Waals surface area contributed by atoms with Crippen molar-refractivity contribution >= 4 is 22.7 Å². The van der Waals surface area contributed by atoms with Gasteiger partial charge in [0.05, 0.1) is 26.0 Å². The molecule has 0 saturated carbocycles. The van der Waals surface area contributed by atoms with Crippen LogP contribution in [0.5, 0.6) is 11.5 Å². The third kappa shape index (κ3) is 4.56. The number of hydrogen-bond acceptors (Lipinski definition) is 4. The first-order valence-electron chi connectivity index (χ1n) is 13.1. The van der Waals surface area contributed by atoms with Crippen LogP contribution in [0.3, 0.4) is 0 Å². The van der Waals surface area contributed by atoms with Gasteiger partial charge in [-0.25, -0.2) is 0 Å². The number of fused-ring (bicyclic) bond motifs is 2. The molecule has 5 aromatic rings. The number of rotatable bonds is 8. The molecular formula is C33H29N3O4. The molecule has 0 fully saturated rings. The Morgan fingerprint density at radius 2 is 1.62 bits per heavy atom. The number of benzene rings is 4. The summed E-state index contributed by atoms with van der Waals surface area (Å²) >= 11 is 0. The smallest absolute Gasteiger partial charge is 0.255 e. The Labute approximate surface area is 232 Å². The molecule has 200 valence electrons. The highest BCUT2D eigenvalue weighted by Crippen LogP contribution is 2.45. The number of nitrogens with zero attached hydrogens (tertiary/aromatic N) is 1. The highest BCUT2D eigenvalue weighted by Gasteiger charge is 2.41. The van der Waals surface area contributed by atoms with Crippen LogP contribution in [0.4, 0.5) is 0 Å². The van der Waals surface area contributed by atoms with Gasteiger partial charge in [0.1, 0.15) is 18.0 Å². The Morgan fingerprint density at radius 1 is 0.875 bits per heavy atom. The minimum Gasteiger partial charge on any atom is -0.497 e. The van der Waals surface area contributed by atoms with E-state index >= 15 is 0 Å². The maximum absolute atomic E-state index is 13.8. The quantitative estimate of drug-likeness (QED) is 0.269. The van der Waals surface area contributed by atoms with Gasteiger partial charge in [-0.1, -0.05) is 60.7 Å². The van der Waals surface area contributed by atoms with Gasteiger partial charge in [-0.3, -0.25) is 9.59 Å². The van der Waals surface area contributed by atoms with Gasteiger partial charge in [-0.05, 0) is 47.5 Å². The number of carbonyl (C=O) groups is 2. The van der Waals surface area contributed by atoms with E-state index in [1.54, 1.807) is 19.1 Å². The lowest BCUT2D eigenvalue weighted by molar-refractivity contribution is -0.122. The van der Waals surface area contributed by atoms with E-state index in [0.717, 1.165) is 50.3 Å². The first-order chi connectivity index (χ1) is 19.6. The second-order valence-corrected chi connectivity index (χ2v) is 9.74. The van der Waals surface area contributed by atoms with Crippen molar-refractivity contribution in [3.05, 3.63) is 119 Å². The second-order valence-electron chi connectivity index (χ2n) is 9.74. The number of hydrogen-bond donors (Lipinski definition) is 2. The molecule has 2 heterocycles. The van der Waals surface area contributed by atoms with Crippen LogP contribution < -0.4 is 14.8 Å². The number of nitrogens with one attached hydrogen (secondary N) is 2. The maximum atomic E-state index is 13.8. The molecule has 1 aromatic heterocycles. The van der Waals surface area contributed by atoms with E-state index in [4.69, 9.17) is 9.47 Å². The monoisotopic (exact) mass is 531 g/mol. The van der Waals surface area contributed by atoms with Crippen molar-refractivity contribution in [2.45, 2.75) is 12.6 Å². The van der Waals surface area contributed by atoms with Crippen LogP contribution in [-0.2, 0) is 11.3 Å². The second kappa shape index (κ2) is 10.6. The number of methoxy groups -OCH3 is 2. The van der Waals surface area contributed by atoms with Crippen LogP contribution in [-0.4, -0.2) is 42.5 Å². The summed E-state index contributed by atoms with van der Waals surface area (Å²) in [6, 6.07) is 30.6. The highest BCUT2D eigenvalue weighted by atomic mass is 16.5. The van der Waals surface area contributed by atoms with Gasteiger partial charge in [0, 0.05) is 34.1 Å². The van der Waals surface area contributed by atoms with E-state index in [2.05, 4.69) is 16.4 Å². The molecular weight excluding hydrogens is 502 g/mol. The van der Waals surface area contributed by atoms with Gasteiger partial charge in [0.2, 0.25) is 5.91 Å². The van der Waals surface area contributed by atoms with Crippen LogP contribution in [0, 0.1) is 0 Å². The Kier molecular flexibility index (Phi) is 6.70. The summed E-state index contributed by atoms with van der Waals surface area (Å²) in [4.78, 5) is 32.3. The lowest BCUT2D eigenvalue weighted by Crippen LogP contribution is -2.39. The number of para-hydroxylation sites is 1. The van der Waals surface area contributed by atoms with E-state index < -0.39 is 6.04 Å². The zero-order valence-electron chi connectivity index (χ0n) is 22.3. The van der Waals surface area contributed by atoms with Crippen molar-refractivity contribution in [3.8, 4) is 22.8 Å². The lowest BCUT2D eigenvalue weighted by Gasteiger charge is -2.26. The fourth-order valence-corrected chi connectivity index (χ4v) is 5.45. The molecule has 2 N–H and O–H groups in total. The first-order valence-corrected chi connectivity index (χ1v) is 13.1. The van der Waals surface area contributed by atoms with Gasteiger partial charge in [-0.15, -0.1) is 0 Å². The number of amides is 2. The molecule has 0 bridgehead atoms. The normalized spacial score (nSPS) is 14.3. The summed E-state index contributed by atoms with van der Waals surface area (Å²) in [7, 11) is 3.26. The molecule has 7 nitrogen and oxygen atoms in total. The number of aromatic amines is 1. The first kappa shape index (κ1) is 25.2. The Balaban J connectivity index is 1.39. The van der Waals surface area contributed by atoms with Gasteiger partial charge >= 0.3 is 0 Å². The number of aromatic nitrogens is 1. The molecule has 4 aromatic carbocycles. The standard InChI is InChI=1S/C33H29N3O4/c1-39-23-16-14-21(15-17-23)19-34-29(37)20-36-32(25-10-3-4-11-26(25)33(36)38)30-27-12-5-6-13-28(27)35-31(30)22-8-7-9-24(18-22)40-2/h3-18,32,35H,19-20H2,1-2H3,(H,34,37)/t32-/m1/s1. The molecule has 7 heteroatoms. The number of H-pyrrole nitrogens is 1. The summed E-state index contributed by atoms with van der Waals surface area (Å²) in [5.74, 6) is 1.09.